The molecule has 8 heteroatoms. The van der Waals surface area contributed by atoms with E-state index in [-0.39, 0.29) is 36.2 Å². The summed E-state index contributed by atoms with van der Waals surface area (Å²) in [4.78, 5) is 48.7. The molecule has 3 atom stereocenters. The summed E-state index contributed by atoms with van der Waals surface area (Å²) in [6, 6.07) is 26.6. The fraction of sp³-hybridized carbons (Fsp3) is 0.319. The number of carbonyl (C=O) groups is 2. The van der Waals surface area contributed by atoms with Gasteiger partial charge >= 0.3 is 0 Å². The van der Waals surface area contributed by atoms with Gasteiger partial charge in [0.2, 0.25) is 0 Å². The Hall–Kier alpha value is -5.60. The average Bonchev–Trinajstić information content (AvgIpc) is 3.87. The Kier molecular flexibility index (Phi) is 9.64. The number of H-pyrrole nitrogens is 2. The first kappa shape index (κ1) is 36.4. The number of aromatic amines is 2. The number of nitrogens with one attached hydrogen (secondary N) is 3. The average molecular weight is 731 g/mol. The number of benzene rings is 2. The quantitative estimate of drug-likeness (QED) is 0.149. The molecule has 8 bridgehead atoms. The lowest BCUT2D eigenvalue weighted by Gasteiger charge is -2.27. The van der Waals surface area contributed by atoms with Gasteiger partial charge in [-0.15, -0.1) is 0 Å². The minimum absolute atomic E-state index is 0.0192. The van der Waals surface area contributed by atoms with Gasteiger partial charge in [0.1, 0.15) is 0 Å². The highest BCUT2D eigenvalue weighted by molar-refractivity contribution is 6.23. The van der Waals surface area contributed by atoms with Crippen LogP contribution in [0.4, 0.5) is 0 Å². The van der Waals surface area contributed by atoms with Gasteiger partial charge in [-0.1, -0.05) is 87.9 Å². The standard InChI is InChI=1S/C47H50N6O2/c1-8-16-34-27(4)36-21-37-28(5)41(30(7)48-24-31-17-12-10-13-18-31)40(50-37)23-35-26(3)33(9-2)39(49-35)22-38-29(6)42-45(52-38)43(44(34)51-36)47(55)53(46(42)54)25-32-19-14-11-15-20-32/h10-15,17-23,27,30,34,48,51-52H,8-9,16,24-25H2,1-7H3/t27-,30?,34-/m0/s1. The number of hydrogen-bond donors (Lipinski definition) is 3. The van der Waals surface area contributed by atoms with E-state index in [9.17, 15) is 9.59 Å². The molecule has 4 aromatic rings. The highest BCUT2D eigenvalue weighted by Gasteiger charge is 2.40. The molecule has 4 aliphatic heterocycles. The minimum Gasteiger partial charge on any atom is -0.361 e. The van der Waals surface area contributed by atoms with Crippen molar-refractivity contribution in [3.8, 4) is 0 Å². The monoisotopic (exact) mass is 730 g/mol. The molecule has 1 unspecified atom stereocenters. The Morgan fingerprint density at radius 2 is 1.44 bits per heavy atom. The summed E-state index contributed by atoms with van der Waals surface area (Å²) in [5.41, 5.74) is 15.4. The lowest BCUT2D eigenvalue weighted by molar-refractivity contribution is 0.0596. The maximum absolute atomic E-state index is 14.9. The highest BCUT2D eigenvalue weighted by Crippen LogP contribution is 2.45. The van der Waals surface area contributed by atoms with Crippen LogP contribution in [0.3, 0.4) is 0 Å². The van der Waals surface area contributed by atoms with E-state index in [0.717, 1.165) is 98.9 Å². The lowest BCUT2D eigenvalue weighted by atomic mass is 9.84. The van der Waals surface area contributed by atoms with Crippen molar-refractivity contribution in [1.29, 1.82) is 0 Å². The number of aryl methyl sites for hydroxylation is 1. The summed E-state index contributed by atoms with van der Waals surface area (Å²) in [5.74, 6) is -0.435. The van der Waals surface area contributed by atoms with E-state index in [4.69, 9.17) is 9.97 Å². The predicted molar refractivity (Wildman–Crippen MR) is 222 cm³/mol. The summed E-state index contributed by atoms with van der Waals surface area (Å²) in [6.07, 6.45) is 2.63. The number of carbonyl (C=O) groups excluding carboxylic acids is 2. The topological polar surface area (TPSA) is 107 Å². The second-order valence-electron chi connectivity index (χ2n) is 15.4. The van der Waals surface area contributed by atoms with Crippen LogP contribution in [0, 0.1) is 6.92 Å². The molecule has 8 nitrogen and oxygen atoms in total. The van der Waals surface area contributed by atoms with E-state index in [1.54, 1.807) is 0 Å². The van der Waals surface area contributed by atoms with Crippen LogP contribution in [0.15, 0.2) is 78.9 Å². The zero-order valence-electron chi connectivity index (χ0n) is 32.9. The predicted octanol–water partition coefficient (Wildman–Crippen LogP) is 10.3. The molecule has 3 N–H and O–H groups in total. The molecule has 0 spiro atoms. The Morgan fingerprint density at radius 1 is 0.782 bits per heavy atom. The normalized spacial score (nSPS) is 18.0. The minimum atomic E-state index is -0.286. The van der Waals surface area contributed by atoms with E-state index in [2.05, 4.69) is 99.3 Å². The zero-order chi connectivity index (χ0) is 38.5. The van der Waals surface area contributed by atoms with Gasteiger partial charge < -0.3 is 15.3 Å². The van der Waals surface area contributed by atoms with Gasteiger partial charge in [0.25, 0.3) is 11.8 Å². The molecule has 0 saturated heterocycles. The number of fused-ring (bicyclic) bond motifs is 8. The van der Waals surface area contributed by atoms with Gasteiger partial charge in [-0.3, -0.25) is 14.5 Å². The second kappa shape index (κ2) is 14.6. The molecule has 280 valence electrons. The Bertz CT molecular complexity index is 2470. The van der Waals surface area contributed by atoms with E-state index in [1.165, 1.54) is 10.5 Å². The SMILES string of the molecule is CCC[C@@H]1c2[nH]c(cc3nc(cc4nc(cc5[nH]c6c2C(=O)N(Cc2ccccc2)C(=O)c6c5C)C(CC)=C4C)C(C(C)NCc2ccccc2)=C3C)[C@H]1C. The molecule has 0 saturated carbocycles. The summed E-state index contributed by atoms with van der Waals surface area (Å²) in [6.45, 7) is 16.0. The molecule has 2 aromatic carbocycles. The van der Waals surface area contributed by atoms with E-state index < -0.39 is 0 Å². The van der Waals surface area contributed by atoms with Crippen molar-refractivity contribution in [2.24, 2.45) is 0 Å². The van der Waals surface area contributed by atoms with Gasteiger partial charge in [0, 0.05) is 41.3 Å². The van der Waals surface area contributed by atoms with Crippen molar-refractivity contribution < 1.29 is 9.59 Å². The molecule has 6 heterocycles. The van der Waals surface area contributed by atoms with Crippen molar-refractivity contribution >= 4 is 45.1 Å². The Balaban J connectivity index is 1.41. The third-order valence-electron chi connectivity index (χ3n) is 12.0. The van der Waals surface area contributed by atoms with Crippen LogP contribution in [0.25, 0.3) is 33.3 Å². The van der Waals surface area contributed by atoms with Crippen molar-refractivity contribution in [2.45, 2.75) is 98.7 Å². The molecule has 55 heavy (non-hydrogen) atoms. The first-order valence-corrected chi connectivity index (χ1v) is 19.7. The number of hydrogen-bond acceptors (Lipinski definition) is 5. The highest BCUT2D eigenvalue weighted by atomic mass is 16.2. The summed E-state index contributed by atoms with van der Waals surface area (Å²) in [5, 5.41) is 3.77. The number of allylic oxidation sites excluding steroid dienone is 3. The van der Waals surface area contributed by atoms with Crippen molar-refractivity contribution in [2.75, 3.05) is 0 Å². The van der Waals surface area contributed by atoms with E-state index in [1.807, 2.05) is 43.3 Å². The fourth-order valence-electron chi connectivity index (χ4n) is 8.91. The van der Waals surface area contributed by atoms with Gasteiger partial charge in [-0.25, -0.2) is 9.97 Å². The van der Waals surface area contributed by atoms with Gasteiger partial charge in [-0.05, 0) is 97.7 Å². The zero-order valence-corrected chi connectivity index (χ0v) is 32.9. The van der Waals surface area contributed by atoms with Crippen LogP contribution in [0.2, 0.25) is 0 Å². The van der Waals surface area contributed by atoms with Crippen LogP contribution in [-0.2, 0) is 13.1 Å². The lowest BCUT2D eigenvalue weighted by Crippen LogP contribution is -2.40. The molecular weight excluding hydrogens is 681 g/mol. The molecular formula is C47H50N6O2. The van der Waals surface area contributed by atoms with Gasteiger partial charge in [-0.2, -0.15) is 0 Å². The Labute approximate surface area is 323 Å². The van der Waals surface area contributed by atoms with E-state index in [0.29, 0.717) is 16.6 Å². The Morgan fingerprint density at radius 3 is 2.13 bits per heavy atom. The number of aromatic nitrogens is 4. The van der Waals surface area contributed by atoms with Crippen LogP contribution in [0.1, 0.15) is 144 Å². The van der Waals surface area contributed by atoms with Gasteiger partial charge in [0.15, 0.2) is 0 Å². The number of imide groups is 1. The molecule has 8 rings (SSSR count). The molecule has 0 aliphatic carbocycles. The van der Waals surface area contributed by atoms with Crippen molar-refractivity contribution in [3.05, 3.63) is 141 Å². The molecule has 4 aliphatic rings. The van der Waals surface area contributed by atoms with Crippen LogP contribution < -0.4 is 5.32 Å². The van der Waals surface area contributed by atoms with Crippen LogP contribution >= 0.6 is 0 Å². The summed E-state index contributed by atoms with van der Waals surface area (Å²) >= 11 is 0. The molecule has 2 amide bonds. The maximum Gasteiger partial charge on any atom is 0.264 e. The van der Waals surface area contributed by atoms with Gasteiger partial charge in [0.05, 0.1) is 46.0 Å². The molecule has 0 fully saturated rings. The largest absolute Gasteiger partial charge is 0.361 e. The van der Waals surface area contributed by atoms with E-state index >= 15 is 0 Å². The maximum atomic E-state index is 14.9. The number of nitrogens with zero attached hydrogens (tertiary/aromatic N) is 3. The smallest absolute Gasteiger partial charge is 0.264 e. The third kappa shape index (κ3) is 6.32. The number of rotatable bonds is 9. The van der Waals surface area contributed by atoms with Crippen molar-refractivity contribution in [3.63, 3.8) is 0 Å². The first-order chi connectivity index (χ1) is 26.6. The van der Waals surface area contributed by atoms with Crippen LogP contribution in [0.5, 0.6) is 0 Å². The van der Waals surface area contributed by atoms with Crippen LogP contribution in [-0.4, -0.2) is 42.7 Å². The molecule has 0 radical (unpaired) electrons. The molecule has 2 aromatic heterocycles. The van der Waals surface area contributed by atoms with Crippen molar-refractivity contribution in [1.82, 2.24) is 30.2 Å². The fourth-order valence-corrected chi connectivity index (χ4v) is 8.91. The third-order valence-corrected chi connectivity index (χ3v) is 12.0. The number of amides is 2. The first-order valence-electron chi connectivity index (χ1n) is 19.7. The second-order valence-corrected chi connectivity index (χ2v) is 15.4. The summed E-state index contributed by atoms with van der Waals surface area (Å²) < 4.78 is 0. The summed E-state index contributed by atoms with van der Waals surface area (Å²) in [7, 11) is 0.